The summed E-state index contributed by atoms with van der Waals surface area (Å²) in [5.41, 5.74) is 7.74. The Morgan fingerprint density at radius 3 is 2.26 bits per heavy atom. The zero-order valence-corrected chi connectivity index (χ0v) is 12.4. The lowest BCUT2D eigenvalue weighted by Gasteiger charge is -2.15. The third-order valence-corrected chi connectivity index (χ3v) is 5.52. The van der Waals surface area contributed by atoms with Gasteiger partial charge in [-0.3, -0.25) is 0 Å². The Hall–Kier alpha value is -1.07. The second-order valence-electron chi connectivity index (χ2n) is 5.49. The number of benzene rings is 1. The fourth-order valence-electron chi connectivity index (χ4n) is 2.92. The van der Waals surface area contributed by atoms with Crippen molar-refractivity contribution in [2.75, 3.05) is 12.3 Å². The van der Waals surface area contributed by atoms with E-state index in [1.54, 1.807) is 26.0 Å². The molecule has 106 valence electrons. The Balaban J connectivity index is 2.19. The molecule has 19 heavy (non-hydrogen) atoms. The Labute approximate surface area is 115 Å². The van der Waals surface area contributed by atoms with Gasteiger partial charge in [0.2, 0.25) is 10.0 Å². The van der Waals surface area contributed by atoms with E-state index in [0.717, 1.165) is 12.8 Å². The lowest BCUT2D eigenvalue weighted by molar-refractivity contribution is 0.519. The van der Waals surface area contributed by atoms with Gasteiger partial charge in [-0.25, -0.2) is 13.1 Å². The fourth-order valence-corrected chi connectivity index (χ4v) is 4.49. The van der Waals surface area contributed by atoms with Gasteiger partial charge in [0.25, 0.3) is 0 Å². The van der Waals surface area contributed by atoms with Crippen molar-refractivity contribution < 1.29 is 8.42 Å². The molecule has 1 aliphatic carbocycles. The van der Waals surface area contributed by atoms with E-state index in [1.807, 2.05) is 0 Å². The van der Waals surface area contributed by atoms with Gasteiger partial charge in [0.1, 0.15) is 0 Å². The summed E-state index contributed by atoms with van der Waals surface area (Å²) in [6, 6.07) is 3.41. The van der Waals surface area contributed by atoms with Gasteiger partial charge in [-0.15, -0.1) is 0 Å². The number of nitrogens with two attached hydrogens (primary N) is 1. The highest BCUT2D eigenvalue weighted by Gasteiger charge is 2.22. The molecule has 1 aliphatic rings. The van der Waals surface area contributed by atoms with Crippen LogP contribution in [0, 0.1) is 19.8 Å². The van der Waals surface area contributed by atoms with Gasteiger partial charge in [0, 0.05) is 12.2 Å². The number of hydrogen-bond donors (Lipinski definition) is 2. The van der Waals surface area contributed by atoms with Gasteiger partial charge in [-0.05, 0) is 55.9 Å². The minimum Gasteiger partial charge on any atom is -0.399 e. The summed E-state index contributed by atoms with van der Waals surface area (Å²) in [5.74, 6) is 0.490. The van der Waals surface area contributed by atoms with E-state index in [-0.39, 0.29) is 0 Å². The van der Waals surface area contributed by atoms with Crippen LogP contribution in [-0.4, -0.2) is 15.0 Å². The summed E-state index contributed by atoms with van der Waals surface area (Å²) >= 11 is 0. The molecular weight excluding hydrogens is 260 g/mol. The van der Waals surface area contributed by atoms with Crippen molar-refractivity contribution in [1.82, 2.24) is 4.72 Å². The first-order valence-corrected chi connectivity index (χ1v) is 8.25. The van der Waals surface area contributed by atoms with Crippen molar-refractivity contribution in [2.45, 2.75) is 44.4 Å². The zero-order valence-electron chi connectivity index (χ0n) is 11.6. The van der Waals surface area contributed by atoms with Crippen molar-refractivity contribution in [3.05, 3.63) is 23.3 Å². The Kier molecular flexibility index (Phi) is 4.16. The second kappa shape index (κ2) is 5.51. The van der Waals surface area contributed by atoms with Crippen LogP contribution < -0.4 is 10.5 Å². The van der Waals surface area contributed by atoms with E-state index in [0.29, 0.717) is 34.2 Å². The number of rotatable bonds is 4. The highest BCUT2D eigenvalue weighted by molar-refractivity contribution is 7.89. The first-order chi connectivity index (χ1) is 8.90. The van der Waals surface area contributed by atoms with Gasteiger partial charge in [-0.1, -0.05) is 12.8 Å². The standard InChI is InChI=1S/C14H22N2O2S/c1-10-7-13(15)8-11(2)14(10)19(17,18)16-9-12-5-3-4-6-12/h7-8,12,16H,3-6,9,15H2,1-2H3. The summed E-state index contributed by atoms with van der Waals surface area (Å²) in [7, 11) is -3.43. The van der Waals surface area contributed by atoms with Crippen molar-refractivity contribution in [2.24, 2.45) is 5.92 Å². The van der Waals surface area contributed by atoms with Gasteiger partial charge in [-0.2, -0.15) is 0 Å². The van der Waals surface area contributed by atoms with Gasteiger partial charge in [0.05, 0.1) is 4.90 Å². The van der Waals surface area contributed by atoms with E-state index in [2.05, 4.69) is 4.72 Å². The number of hydrogen-bond acceptors (Lipinski definition) is 3. The van der Waals surface area contributed by atoms with Crippen molar-refractivity contribution in [3.63, 3.8) is 0 Å². The Morgan fingerprint density at radius 1 is 1.21 bits per heavy atom. The maximum atomic E-state index is 12.4. The summed E-state index contributed by atoms with van der Waals surface area (Å²) in [4.78, 5) is 0.375. The van der Waals surface area contributed by atoms with Gasteiger partial charge in [0.15, 0.2) is 0 Å². The molecule has 4 nitrogen and oxygen atoms in total. The molecule has 1 fully saturated rings. The summed E-state index contributed by atoms with van der Waals surface area (Å²) in [5, 5.41) is 0. The smallest absolute Gasteiger partial charge is 0.241 e. The largest absolute Gasteiger partial charge is 0.399 e. The first-order valence-electron chi connectivity index (χ1n) is 6.76. The maximum Gasteiger partial charge on any atom is 0.241 e. The number of sulfonamides is 1. The molecule has 0 aliphatic heterocycles. The molecule has 0 radical (unpaired) electrons. The number of nitrogen functional groups attached to an aromatic ring is 1. The fraction of sp³-hybridized carbons (Fsp3) is 0.571. The molecule has 5 heteroatoms. The van der Waals surface area contributed by atoms with Gasteiger partial charge < -0.3 is 5.73 Å². The van der Waals surface area contributed by atoms with Crippen LogP contribution in [0.15, 0.2) is 17.0 Å². The second-order valence-corrected chi connectivity index (χ2v) is 7.19. The minimum absolute atomic E-state index is 0.375. The van der Waals surface area contributed by atoms with E-state index in [1.165, 1.54) is 12.8 Å². The van der Waals surface area contributed by atoms with Crippen LogP contribution in [0.5, 0.6) is 0 Å². The molecule has 1 aromatic rings. The molecule has 2 rings (SSSR count). The molecule has 0 spiro atoms. The van der Waals surface area contributed by atoms with Crippen LogP contribution in [0.4, 0.5) is 5.69 Å². The molecular formula is C14H22N2O2S. The summed E-state index contributed by atoms with van der Waals surface area (Å²) < 4.78 is 27.5. The van der Waals surface area contributed by atoms with Gasteiger partial charge >= 0.3 is 0 Å². The highest BCUT2D eigenvalue weighted by Crippen LogP contribution is 2.26. The van der Waals surface area contributed by atoms with Crippen LogP contribution in [-0.2, 0) is 10.0 Å². The highest BCUT2D eigenvalue weighted by atomic mass is 32.2. The Bertz CT molecular complexity index is 538. The lowest BCUT2D eigenvalue weighted by Crippen LogP contribution is -2.29. The Morgan fingerprint density at radius 2 is 1.74 bits per heavy atom. The predicted octanol–water partition coefficient (Wildman–Crippen LogP) is 2.35. The minimum atomic E-state index is -3.43. The van der Waals surface area contributed by atoms with Crippen molar-refractivity contribution in [1.29, 1.82) is 0 Å². The summed E-state index contributed by atoms with van der Waals surface area (Å²) in [6.07, 6.45) is 4.68. The van der Waals surface area contributed by atoms with E-state index < -0.39 is 10.0 Å². The third-order valence-electron chi connectivity index (χ3n) is 3.79. The molecule has 1 aromatic carbocycles. The van der Waals surface area contributed by atoms with Crippen LogP contribution in [0.25, 0.3) is 0 Å². The third kappa shape index (κ3) is 3.28. The number of aryl methyl sites for hydroxylation is 2. The predicted molar refractivity (Wildman–Crippen MR) is 77.5 cm³/mol. The topological polar surface area (TPSA) is 72.2 Å². The summed E-state index contributed by atoms with van der Waals surface area (Å²) in [6.45, 7) is 4.12. The monoisotopic (exact) mass is 282 g/mol. The molecule has 0 aromatic heterocycles. The van der Waals surface area contributed by atoms with Crippen LogP contribution >= 0.6 is 0 Å². The maximum absolute atomic E-state index is 12.4. The molecule has 0 unspecified atom stereocenters. The molecule has 0 atom stereocenters. The number of nitrogens with one attached hydrogen (secondary N) is 1. The van der Waals surface area contributed by atoms with Crippen molar-refractivity contribution in [3.8, 4) is 0 Å². The van der Waals surface area contributed by atoms with E-state index >= 15 is 0 Å². The molecule has 0 bridgehead atoms. The van der Waals surface area contributed by atoms with Crippen LogP contribution in [0.3, 0.4) is 0 Å². The molecule has 3 N–H and O–H groups in total. The molecule has 0 heterocycles. The van der Waals surface area contributed by atoms with Crippen molar-refractivity contribution >= 4 is 15.7 Å². The van der Waals surface area contributed by atoms with Crippen LogP contribution in [0.1, 0.15) is 36.8 Å². The normalized spacial score (nSPS) is 16.9. The zero-order chi connectivity index (χ0) is 14.0. The SMILES string of the molecule is Cc1cc(N)cc(C)c1S(=O)(=O)NCC1CCCC1. The van der Waals surface area contributed by atoms with E-state index in [9.17, 15) is 8.42 Å². The quantitative estimate of drug-likeness (QED) is 0.833. The number of anilines is 1. The van der Waals surface area contributed by atoms with Crippen LogP contribution in [0.2, 0.25) is 0 Å². The first kappa shape index (κ1) is 14.3. The lowest BCUT2D eigenvalue weighted by atomic mass is 10.1. The molecule has 0 amide bonds. The molecule has 1 saturated carbocycles. The van der Waals surface area contributed by atoms with E-state index in [4.69, 9.17) is 5.73 Å². The average Bonchev–Trinajstić information content (AvgIpc) is 2.77. The molecule has 0 saturated heterocycles. The average molecular weight is 282 g/mol.